The SMILES string of the molecule is CC(C)C1C=Nc2c(Cl)nc(Cl)nc21. The van der Waals surface area contributed by atoms with Crippen LogP contribution in [0.5, 0.6) is 0 Å². The van der Waals surface area contributed by atoms with E-state index < -0.39 is 0 Å². The van der Waals surface area contributed by atoms with Gasteiger partial charge in [0.15, 0.2) is 5.15 Å². The number of halogens is 2. The minimum atomic E-state index is 0.185. The van der Waals surface area contributed by atoms with Gasteiger partial charge in [0.05, 0.1) is 5.69 Å². The summed E-state index contributed by atoms with van der Waals surface area (Å²) in [7, 11) is 0. The molecule has 5 heteroatoms. The molecule has 2 heterocycles. The normalized spacial score (nSPS) is 19.1. The summed E-state index contributed by atoms with van der Waals surface area (Å²) in [5, 5.41) is 0.518. The zero-order valence-electron chi connectivity index (χ0n) is 7.83. The number of hydrogen-bond donors (Lipinski definition) is 0. The Morgan fingerprint density at radius 2 is 2.00 bits per heavy atom. The Bertz CT molecular complexity index is 401. The Morgan fingerprint density at radius 1 is 1.29 bits per heavy atom. The van der Waals surface area contributed by atoms with Gasteiger partial charge in [0, 0.05) is 12.1 Å². The molecule has 1 unspecified atom stereocenters. The summed E-state index contributed by atoms with van der Waals surface area (Å²) in [4.78, 5) is 12.2. The number of aromatic nitrogens is 2. The van der Waals surface area contributed by atoms with Crippen molar-refractivity contribution in [1.29, 1.82) is 0 Å². The fourth-order valence-electron chi connectivity index (χ4n) is 1.48. The summed E-state index contributed by atoms with van der Waals surface area (Å²) in [6, 6.07) is 0. The summed E-state index contributed by atoms with van der Waals surface area (Å²) in [5.74, 6) is 0.630. The Labute approximate surface area is 92.2 Å². The Hall–Kier alpha value is -0.670. The average Bonchev–Trinajstić information content (AvgIpc) is 2.47. The van der Waals surface area contributed by atoms with Gasteiger partial charge >= 0.3 is 0 Å². The molecular formula is C9H9Cl2N3. The monoisotopic (exact) mass is 229 g/mol. The van der Waals surface area contributed by atoms with Crippen LogP contribution in [0.1, 0.15) is 25.5 Å². The molecule has 74 valence electrons. The second-order valence-electron chi connectivity index (χ2n) is 3.57. The Kier molecular flexibility index (Phi) is 2.45. The fraction of sp³-hybridized carbons (Fsp3) is 0.444. The first-order valence-electron chi connectivity index (χ1n) is 4.36. The first-order chi connectivity index (χ1) is 6.59. The highest BCUT2D eigenvalue weighted by Crippen LogP contribution is 2.39. The van der Waals surface area contributed by atoms with E-state index >= 15 is 0 Å². The van der Waals surface area contributed by atoms with Crippen LogP contribution in [0.15, 0.2) is 4.99 Å². The molecule has 0 spiro atoms. The summed E-state index contributed by atoms with van der Waals surface area (Å²) in [6.07, 6.45) is 1.85. The maximum Gasteiger partial charge on any atom is 0.224 e. The van der Waals surface area contributed by atoms with Crippen LogP contribution in [0.2, 0.25) is 10.4 Å². The van der Waals surface area contributed by atoms with Crippen molar-refractivity contribution in [2.75, 3.05) is 0 Å². The van der Waals surface area contributed by atoms with Crippen molar-refractivity contribution in [2.24, 2.45) is 10.9 Å². The highest BCUT2D eigenvalue weighted by Gasteiger charge is 2.26. The van der Waals surface area contributed by atoms with Crippen LogP contribution in [-0.4, -0.2) is 16.2 Å². The van der Waals surface area contributed by atoms with E-state index in [-0.39, 0.29) is 11.2 Å². The minimum absolute atomic E-state index is 0.185. The third-order valence-electron chi connectivity index (χ3n) is 2.24. The molecule has 0 bridgehead atoms. The molecule has 1 atom stereocenters. The lowest BCUT2D eigenvalue weighted by atomic mass is 9.95. The van der Waals surface area contributed by atoms with E-state index in [2.05, 4.69) is 28.8 Å². The molecule has 0 saturated carbocycles. The molecule has 1 aliphatic rings. The van der Waals surface area contributed by atoms with Crippen molar-refractivity contribution in [3.05, 3.63) is 16.1 Å². The van der Waals surface area contributed by atoms with Crippen LogP contribution in [-0.2, 0) is 0 Å². The van der Waals surface area contributed by atoms with Crippen LogP contribution in [0, 0.1) is 5.92 Å². The quantitative estimate of drug-likeness (QED) is 0.548. The molecule has 1 aromatic heterocycles. The van der Waals surface area contributed by atoms with Gasteiger partial charge in [-0.1, -0.05) is 25.4 Å². The number of hydrogen-bond acceptors (Lipinski definition) is 3. The molecule has 1 aliphatic heterocycles. The largest absolute Gasteiger partial charge is 0.255 e. The van der Waals surface area contributed by atoms with Crippen molar-refractivity contribution in [2.45, 2.75) is 19.8 Å². The van der Waals surface area contributed by atoms with Gasteiger partial charge in [0.25, 0.3) is 0 Å². The molecule has 0 radical (unpaired) electrons. The minimum Gasteiger partial charge on any atom is -0.255 e. The maximum atomic E-state index is 5.90. The number of fused-ring (bicyclic) bond motifs is 1. The molecule has 0 aromatic carbocycles. The molecule has 0 saturated heterocycles. The maximum absolute atomic E-state index is 5.90. The molecule has 0 fully saturated rings. The molecular weight excluding hydrogens is 221 g/mol. The summed E-state index contributed by atoms with van der Waals surface area (Å²) < 4.78 is 0. The smallest absolute Gasteiger partial charge is 0.224 e. The highest BCUT2D eigenvalue weighted by atomic mass is 35.5. The highest BCUT2D eigenvalue weighted by molar-refractivity contribution is 6.34. The van der Waals surface area contributed by atoms with Gasteiger partial charge in [0.2, 0.25) is 5.28 Å². The van der Waals surface area contributed by atoms with Crippen LogP contribution in [0.4, 0.5) is 5.69 Å². The topological polar surface area (TPSA) is 38.1 Å². The summed E-state index contributed by atoms with van der Waals surface area (Å²) >= 11 is 11.6. The van der Waals surface area contributed by atoms with Crippen LogP contribution >= 0.6 is 23.2 Å². The van der Waals surface area contributed by atoms with Gasteiger partial charge in [-0.15, -0.1) is 0 Å². The Morgan fingerprint density at radius 3 is 2.64 bits per heavy atom. The lowest BCUT2D eigenvalue weighted by Gasteiger charge is -2.11. The fourth-order valence-corrected chi connectivity index (χ4v) is 1.93. The van der Waals surface area contributed by atoms with E-state index in [1.54, 1.807) is 0 Å². The lowest BCUT2D eigenvalue weighted by molar-refractivity contribution is 0.605. The van der Waals surface area contributed by atoms with Gasteiger partial charge in [0.1, 0.15) is 5.69 Å². The molecule has 0 aliphatic carbocycles. The van der Waals surface area contributed by atoms with Gasteiger partial charge < -0.3 is 0 Å². The third-order valence-corrected chi connectivity index (χ3v) is 2.67. The van der Waals surface area contributed by atoms with Gasteiger partial charge in [-0.3, -0.25) is 4.99 Å². The first-order valence-corrected chi connectivity index (χ1v) is 5.12. The Balaban J connectivity index is 2.54. The number of aliphatic imine (C=N–C) groups is 1. The van der Waals surface area contributed by atoms with E-state index in [1.165, 1.54) is 0 Å². The van der Waals surface area contributed by atoms with Crippen molar-refractivity contribution in [3.8, 4) is 0 Å². The van der Waals surface area contributed by atoms with Crippen LogP contribution < -0.4 is 0 Å². The van der Waals surface area contributed by atoms with Crippen LogP contribution in [0.25, 0.3) is 0 Å². The van der Waals surface area contributed by atoms with Crippen molar-refractivity contribution in [1.82, 2.24) is 9.97 Å². The van der Waals surface area contributed by atoms with Crippen molar-refractivity contribution >= 4 is 35.1 Å². The predicted molar refractivity (Wildman–Crippen MR) is 57.8 cm³/mol. The van der Waals surface area contributed by atoms with Crippen molar-refractivity contribution in [3.63, 3.8) is 0 Å². The van der Waals surface area contributed by atoms with E-state index in [4.69, 9.17) is 23.2 Å². The molecule has 3 nitrogen and oxygen atoms in total. The molecule has 0 amide bonds. The van der Waals surface area contributed by atoms with Crippen LogP contribution in [0.3, 0.4) is 0 Å². The third kappa shape index (κ3) is 1.51. The second kappa shape index (κ2) is 3.48. The van der Waals surface area contributed by atoms with E-state index in [1.807, 2.05) is 6.21 Å². The van der Waals surface area contributed by atoms with E-state index in [0.29, 0.717) is 16.8 Å². The first kappa shape index (κ1) is 9.87. The van der Waals surface area contributed by atoms with Crippen molar-refractivity contribution < 1.29 is 0 Å². The number of rotatable bonds is 1. The molecule has 2 rings (SSSR count). The second-order valence-corrected chi connectivity index (χ2v) is 4.26. The summed E-state index contributed by atoms with van der Waals surface area (Å²) in [6.45, 7) is 4.21. The standard InChI is InChI=1S/C9H9Cl2N3/c1-4(2)5-3-12-7-6(5)13-9(11)14-8(7)10/h3-5H,1-2H3. The van der Waals surface area contributed by atoms with Gasteiger partial charge in [-0.25, -0.2) is 9.97 Å². The molecule has 1 aromatic rings. The average molecular weight is 230 g/mol. The predicted octanol–water partition coefficient (Wildman–Crippen LogP) is 3.24. The lowest BCUT2D eigenvalue weighted by Crippen LogP contribution is -2.07. The zero-order chi connectivity index (χ0) is 10.3. The zero-order valence-corrected chi connectivity index (χ0v) is 9.34. The van der Waals surface area contributed by atoms with Gasteiger partial charge in [-0.2, -0.15) is 0 Å². The summed E-state index contributed by atoms with van der Waals surface area (Å²) in [5.41, 5.74) is 1.50. The molecule has 0 N–H and O–H groups in total. The van der Waals surface area contributed by atoms with E-state index in [0.717, 1.165) is 5.69 Å². The molecule has 14 heavy (non-hydrogen) atoms. The number of nitrogens with zero attached hydrogens (tertiary/aromatic N) is 3. The van der Waals surface area contributed by atoms with Gasteiger partial charge in [-0.05, 0) is 17.5 Å². The van der Waals surface area contributed by atoms with E-state index in [9.17, 15) is 0 Å².